The van der Waals surface area contributed by atoms with Gasteiger partial charge in [0.1, 0.15) is 5.75 Å². The van der Waals surface area contributed by atoms with Gasteiger partial charge in [-0.05, 0) is 43.7 Å². The molecule has 1 aromatic heterocycles. The van der Waals surface area contributed by atoms with Crippen molar-refractivity contribution in [3.05, 3.63) is 95.1 Å². The Hall–Kier alpha value is -4.19. The molecule has 0 bridgehead atoms. The SMILES string of the molecule is Cc1ccc(-c2cc(C(=O)N3CCN(C(=O)c4ccccc4O)CC3)c3ccccc3n2)c(C)c1. The maximum absolute atomic E-state index is 13.7. The molecule has 0 saturated carbocycles. The number of nitrogens with zero attached hydrogens (tertiary/aromatic N) is 3. The number of fused-ring (bicyclic) bond motifs is 1. The Kier molecular flexibility index (Phi) is 5.95. The van der Waals surface area contributed by atoms with Gasteiger partial charge in [0.25, 0.3) is 11.8 Å². The predicted molar refractivity (Wildman–Crippen MR) is 137 cm³/mol. The normalized spacial score (nSPS) is 13.8. The molecule has 0 spiro atoms. The van der Waals surface area contributed by atoms with Crippen molar-refractivity contribution in [3.63, 3.8) is 0 Å². The summed E-state index contributed by atoms with van der Waals surface area (Å²) in [6.07, 6.45) is 0. The summed E-state index contributed by atoms with van der Waals surface area (Å²) in [5.74, 6) is -0.316. The van der Waals surface area contributed by atoms with Crippen molar-refractivity contribution in [2.24, 2.45) is 0 Å². The molecule has 1 aliphatic rings. The van der Waals surface area contributed by atoms with Crippen LogP contribution in [0, 0.1) is 13.8 Å². The van der Waals surface area contributed by atoms with Gasteiger partial charge in [-0.25, -0.2) is 4.98 Å². The molecular weight excluding hydrogens is 438 g/mol. The number of carbonyl (C=O) groups excluding carboxylic acids is 2. The molecule has 5 rings (SSSR count). The van der Waals surface area contributed by atoms with Crippen LogP contribution in [-0.4, -0.2) is 57.9 Å². The molecule has 0 unspecified atom stereocenters. The molecule has 4 aromatic rings. The number of rotatable bonds is 3. The minimum atomic E-state index is -0.221. The lowest BCUT2D eigenvalue weighted by Gasteiger charge is -2.35. The van der Waals surface area contributed by atoms with E-state index < -0.39 is 0 Å². The van der Waals surface area contributed by atoms with Crippen LogP contribution in [0.25, 0.3) is 22.2 Å². The summed E-state index contributed by atoms with van der Waals surface area (Å²) in [5, 5.41) is 10.9. The summed E-state index contributed by atoms with van der Waals surface area (Å²) >= 11 is 0. The summed E-state index contributed by atoms with van der Waals surface area (Å²) in [7, 11) is 0. The average Bonchev–Trinajstić information content (AvgIpc) is 2.87. The Morgan fingerprint density at radius 3 is 2.09 bits per heavy atom. The summed E-state index contributed by atoms with van der Waals surface area (Å²) in [6.45, 7) is 5.78. The van der Waals surface area contributed by atoms with Crippen LogP contribution in [0.4, 0.5) is 0 Å². The first kappa shape index (κ1) is 22.6. The molecule has 176 valence electrons. The van der Waals surface area contributed by atoms with Gasteiger partial charge < -0.3 is 14.9 Å². The number of hydrogen-bond acceptors (Lipinski definition) is 4. The number of aryl methyl sites for hydroxylation is 2. The number of phenolic OH excluding ortho intramolecular Hbond substituents is 1. The number of piperazine rings is 1. The fourth-order valence-corrected chi connectivity index (χ4v) is 4.70. The predicted octanol–water partition coefficient (Wildman–Crippen LogP) is 4.82. The van der Waals surface area contributed by atoms with Gasteiger partial charge in [-0.1, -0.05) is 54.1 Å². The fraction of sp³-hybridized carbons (Fsp3) is 0.207. The van der Waals surface area contributed by atoms with Gasteiger partial charge in [-0.2, -0.15) is 0 Å². The highest BCUT2D eigenvalue weighted by atomic mass is 16.3. The van der Waals surface area contributed by atoms with Gasteiger partial charge in [0.2, 0.25) is 0 Å². The van der Waals surface area contributed by atoms with E-state index in [9.17, 15) is 14.7 Å². The number of benzene rings is 3. The smallest absolute Gasteiger partial charge is 0.257 e. The molecule has 0 atom stereocenters. The molecular formula is C29H27N3O3. The van der Waals surface area contributed by atoms with E-state index >= 15 is 0 Å². The van der Waals surface area contributed by atoms with Crippen LogP contribution >= 0.6 is 0 Å². The molecule has 3 aromatic carbocycles. The summed E-state index contributed by atoms with van der Waals surface area (Å²) in [4.78, 5) is 34.9. The average molecular weight is 466 g/mol. The van der Waals surface area contributed by atoms with Crippen molar-refractivity contribution in [1.29, 1.82) is 0 Å². The van der Waals surface area contributed by atoms with Gasteiger partial charge in [0, 0.05) is 37.1 Å². The number of para-hydroxylation sites is 2. The number of pyridine rings is 1. The maximum Gasteiger partial charge on any atom is 0.257 e. The number of phenols is 1. The number of aromatic hydroxyl groups is 1. The van der Waals surface area contributed by atoms with Gasteiger partial charge in [0.05, 0.1) is 22.3 Å². The molecule has 1 saturated heterocycles. The molecule has 6 nitrogen and oxygen atoms in total. The minimum Gasteiger partial charge on any atom is -0.507 e. The lowest BCUT2D eigenvalue weighted by atomic mass is 9.99. The van der Waals surface area contributed by atoms with Crippen molar-refractivity contribution in [1.82, 2.24) is 14.8 Å². The van der Waals surface area contributed by atoms with Crippen LogP contribution in [0.1, 0.15) is 31.8 Å². The van der Waals surface area contributed by atoms with Crippen LogP contribution in [-0.2, 0) is 0 Å². The molecule has 1 N–H and O–H groups in total. The summed E-state index contributed by atoms with van der Waals surface area (Å²) in [6, 6.07) is 22.4. The molecule has 2 amide bonds. The molecule has 2 heterocycles. The zero-order valence-corrected chi connectivity index (χ0v) is 19.9. The quantitative estimate of drug-likeness (QED) is 0.471. The Balaban J connectivity index is 1.42. The lowest BCUT2D eigenvalue weighted by Crippen LogP contribution is -2.50. The van der Waals surface area contributed by atoms with E-state index in [1.807, 2.05) is 30.3 Å². The highest BCUT2D eigenvalue weighted by Crippen LogP contribution is 2.29. The van der Waals surface area contributed by atoms with Crippen LogP contribution in [0.3, 0.4) is 0 Å². The van der Waals surface area contributed by atoms with E-state index in [0.717, 1.165) is 27.7 Å². The van der Waals surface area contributed by atoms with Crippen molar-refractivity contribution in [2.75, 3.05) is 26.2 Å². The topological polar surface area (TPSA) is 73.7 Å². The number of aromatic nitrogens is 1. The zero-order valence-electron chi connectivity index (χ0n) is 19.9. The molecule has 6 heteroatoms. The standard InChI is InChI=1S/C29H27N3O3/c1-19-11-12-21(20(2)17-19)26-18-24(22-7-3-5-9-25(22)30-26)29(35)32-15-13-31(14-16-32)28(34)23-8-4-6-10-27(23)33/h3-12,17-18,33H,13-16H2,1-2H3. The van der Waals surface area contributed by atoms with E-state index in [1.165, 1.54) is 11.6 Å². The second-order valence-electron chi connectivity index (χ2n) is 8.99. The molecule has 1 aliphatic heterocycles. The third-order valence-electron chi connectivity index (χ3n) is 6.59. The van der Waals surface area contributed by atoms with Crippen molar-refractivity contribution in [2.45, 2.75) is 13.8 Å². The first-order valence-electron chi connectivity index (χ1n) is 11.8. The fourth-order valence-electron chi connectivity index (χ4n) is 4.70. The zero-order chi connectivity index (χ0) is 24.5. The van der Waals surface area contributed by atoms with Crippen LogP contribution < -0.4 is 0 Å². The largest absolute Gasteiger partial charge is 0.507 e. The Labute approximate surface area is 204 Å². The number of carbonyl (C=O) groups is 2. The lowest BCUT2D eigenvalue weighted by molar-refractivity contribution is 0.0534. The Morgan fingerprint density at radius 1 is 0.771 bits per heavy atom. The first-order valence-corrected chi connectivity index (χ1v) is 11.8. The van der Waals surface area contributed by atoms with E-state index in [4.69, 9.17) is 4.98 Å². The molecule has 1 fully saturated rings. The summed E-state index contributed by atoms with van der Waals surface area (Å²) in [5.41, 5.74) is 5.76. The van der Waals surface area contributed by atoms with E-state index in [-0.39, 0.29) is 23.1 Å². The van der Waals surface area contributed by atoms with E-state index in [0.29, 0.717) is 31.7 Å². The maximum atomic E-state index is 13.7. The van der Waals surface area contributed by atoms with Crippen LogP contribution in [0.5, 0.6) is 5.75 Å². The minimum absolute atomic E-state index is 0.0295. The molecule has 0 radical (unpaired) electrons. The van der Waals surface area contributed by atoms with E-state index in [1.54, 1.807) is 28.0 Å². The summed E-state index contributed by atoms with van der Waals surface area (Å²) < 4.78 is 0. The second kappa shape index (κ2) is 9.22. The van der Waals surface area contributed by atoms with Crippen LogP contribution in [0.2, 0.25) is 0 Å². The van der Waals surface area contributed by atoms with Gasteiger partial charge in [-0.15, -0.1) is 0 Å². The Bertz CT molecular complexity index is 1440. The monoisotopic (exact) mass is 465 g/mol. The van der Waals surface area contributed by atoms with Crippen molar-refractivity contribution < 1.29 is 14.7 Å². The van der Waals surface area contributed by atoms with E-state index in [2.05, 4.69) is 32.0 Å². The second-order valence-corrected chi connectivity index (χ2v) is 8.99. The van der Waals surface area contributed by atoms with Crippen LogP contribution in [0.15, 0.2) is 72.8 Å². The third kappa shape index (κ3) is 4.35. The molecule has 0 aliphatic carbocycles. The highest BCUT2D eigenvalue weighted by molar-refractivity contribution is 6.07. The van der Waals surface area contributed by atoms with Gasteiger partial charge in [-0.3, -0.25) is 9.59 Å². The third-order valence-corrected chi connectivity index (χ3v) is 6.59. The van der Waals surface area contributed by atoms with Gasteiger partial charge >= 0.3 is 0 Å². The first-order chi connectivity index (χ1) is 16.9. The van der Waals surface area contributed by atoms with Gasteiger partial charge in [0.15, 0.2) is 0 Å². The van der Waals surface area contributed by atoms with Crippen molar-refractivity contribution in [3.8, 4) is 17.0 Å². The van der Waals surface area contributed by atoms with Crippen molar-refractivity contribution >= 4 is 22.7 Å². The Morgan fingerprint density at radius 2 is 1.40 bits per heavy atom. The number of hydrogen-bond donors (Lipinski definition) is 1. The molecule has 35 heavy (non-hydrogen) atoms. The highest BCUT2D eigenvalue weighted by Gasteiger charge is 2.28. The number of amides is 2.